The molecule has 2 aromatic carbocycles. The predicted octanol–water partition coefficient (Wildman–Crippen LogP) is 4.83. The molecule has 2 aromatic rings. The van der Waals surface area contributed by atoms with E-state index in [1.54, 1.807) is 0 Å². The summed E-state index contributed by atoms with van der Waals surface area (Å²) in [5.74, 6) is 1.55. The lowest BCUT2D eigenvalue weighted by Gasteiger charge is -2.40. The molecule has 1 fully saturated rings. The Morgan fingerprint density at radius 2 is 1.04 bits per heavy atom. The lowest BCUT2D eigenvalue weighted by Crippen LogP contribution is -2.31. The summed E-state index contributed by atoms with van der Waals surface area (Å²) in [6.45, 7) is 7.58. The van der Waals surface area contributed by atoms with Gasteiger partial charge in [-0.25, -0.2) is 0 Å². The fourth-order valence-corrected chi connectivity index (χ4v) is 4.94. The monoisotopic (exact) mass is 384 g/mol. The zero-order chi connectivity index (χ0) is 20.3. The summed E-state index contributed by atoms with van der Waals surface area (Å²) >= 11 is 0. The summed E-state index contributed by atoms with van der Waals surface area (Å²) in [7, 11) is 0. The van der Waals surface area contributed by atoms with Crippen molar-refractivity contribution in [3.05, 3.63) is 57.6 Å². The molecule has 0 heterocycles. The zero-order valence-corrected chi connectivity index (χ0v) is 17.5. The third-order valence-electron chi connectivity index (χ3n) is 6.15. The first-order chi connectivity index (χ1) is 13.4. The van der Waals surface area contributed by atoms with E-state index in [0.29, 0.717) is 0 Å². The summed E-state index contributed by atoms with van der Waals surface area (Å²) in [5.41, 5.74) is 6.85. The number of aliphatic hydroxyl groups is 2. The van der Waals surface area contributed by atoms with E-state index in [0.717, 1.165) is 46.6 Å². The highest BCUT2D eigenvalue weighted by atomic mass is 16.6. The Morgan fingerprint density at radius 3 is 1.36 bits per heavy atom. The molecule has 1 aliphatic carbocycles. The fourth-order valence-electron chi connectivity index (χ4n) is 4.94. The van der Waals surface area contributed by atoms with E-state index in [9.17, 15) is 10.2 Å². The standard InChI is InChI=1S/C24H32O4/c1-16-10-20(11-17(2)22(16)27-14-25)24(8-6-5-7-9-24)21-12-18(3)23(28-15-26)19(4)13-21/h10-13,25-26H,5-9,14-15H2,1-4H3. The van der Waals surface area contributed by atoms with Crippen LogP contribution >= 0.6 is 0 Å². The topological polar surface area (TPSA) is 58.9 Å². The van der Waals surface area contributed by atoms with Crippen molar-refractivity contribution in [3.8, 4) is 11.5 Å². The molecule has 1 aliphatic rings. The maximum Gasteiger partial charge on any atom is 0.186 e. The SMILES string of the molecule is Cc1cc(C2(c3cc(C)c(OCO)c(C)c3)CCCCC2)cc(C)c1OCO. The Kier molecular flexibility index (Phi) is 6.31. The van der Waals surface area contributed by atoms with E-state index >= 15 is 0 Å². The minimum Gasteiger partial charge on any atom is -0.467 e. The molecule has 0 bridgehead atoms. The van der Waals surface area contributed by atoms with Gasteiger partial charge in [0.05, 0.1) is 0 Å². The van der Waals surface area contributed by atoms with Crippen LogP contribution in [0, 0.1) is 27.7 Å². The molecule has 0 saturated heterocycles. The maximum atomic E-state index is 9.19. The molecular formula is C24H32O4. The number of aliphatic hydroxyl groups excluding tert-OH is 2. The van der Waals surface area contributed by atoms with Crippen LogP contribution < -0.4 is 9.47 Å². The molecule has 0 radical (unpaired) electrons. The summed E-state index contributed by atoms with van der Waals surface area (Å²) in [5, 5.41) is 18.4. The summed E-state index contributed by atoms with van der Waals surface area (Å²) in [4.78, 5) is 0. The molecule has 0 aromatic heterocycles. The fraction of sp³-hybridized carbons (Fsp3) is 0.500. The van der Waals surface area contributed by atoms with Crippen molar-refractivity contribution in [1.29, 1.82) is 0 Å². The maximum absolute atomic E-state index is 9.19. The van der Waals surface area contributed by atoms with Crippen molar-refractivity contribution < 1.29 is 19.7 Å². The average molecular weight is 385 g/mol. The third kappa shape index (κ3) is 3.76. The number of hydrogen-bond donors (Lipinski definition) is 2. The second kappa shape index (κ2) is 8.54. The van der Waals surface area contributed by atoms with Gasteiger partial charge in [-0.1, -0.05) is 43.5 Å². The molecule has 0 spiro atoms. The lowest BCUT2D eigenvalue weighted by molar-refractivity contribution is 0.0968. The van der Waals surface area contributed by atoms with Gasteiger partial charge in [0.15, 0.2) is 13.6 Å². The molecular weight excluding hydrogens is 352 g/mol. The van der Waals surface area contributed by atoms with Gasteiger partial charge in [-0.2, -0.15) is 0 Å². The minimum absolute atomic E-state index is 0.0290. The first kappa shape index (κ1) is 20.7. The van der Waals surface area contributed by atoms with Crippen molar-refractivity contribution in [1.82, 2.24) is 0 Å². The minimum atomic E-state index is -0.309. The highest BCUT2D eigenvalue weighted by molar-refractivity contribution is 5.53. The Hall–Kier alpha value is -2.04. The van der Waals surface area contributed by atoms with Crippen molar-refractivity contribution in [2.75, 3.05) is 13.6 Å². The normalized spacial score (nSPS) is 16.1. The van der Waals surface area contributed by atoms with Gasteiger partial charge in [0, 0.05) is 5.41 Å². The summed E-state index contributed by atoms with van der Waals surface area (Å²) < 4.78 is 10.9. The van der Waals surface area contributed by atoms with Gasteiger partial charge in [-0.05, 0) is 73.9 Å². The van der Waals surface area contributed by atoms with Crippen LogP contribution in [0.2, 0.25) is 0 Å². The first-order valence-electron chi connectivity index (χ1n) is 10.1. The van der Waals surface area contributed by atoms with Crippen LogP contribution in [0.25, 0.3) is 0 Å². The molecule has 3 rings (SSSR count). The quantitative estimate of drug-likeness (QED) is 0.701. The zero-order valence-electron chi connectivity index (χ0n) is 17.5. The van der Waals surface area contributed by atoms with E-state index in [2.05, 4.69) is 24.3 Å². The van der Waals surface area contributed by atoms with Gasteiger partial charge in [-0.15, -0.1) is 0 Å². The van der Waals surface area contributed by atoms with Crippen LogP contribution in [-0.4, -0.2) is 23.8 Å². The molecule has 0 atom stereocenters. The Balaban J connectivity index is 2.15. The molecule has 0 amide bonds. The highest BCUT2D eigenvalue weighted by Crippen LogP contribution is 2.47. The van der Waals surface area contributed by atoms with Gasteiger partial charge >= 0.3 is 0 Å². The van der Waals surface area contributed by atoms with Crippen molar-refractivity contribution >= 4 is 0 Å². The summed E-state index contributed by atoms with van der Waals surface area (Å²) in [6, 6.07) is 8.91. The smallest absolute Gasteiger partial charge is 0.186 e. The van der Waals surface area contributed by atoms with E-state index in [1.807, 2.05) is 27.7 Å². The first-order valence-corrected chi connectivity index (χ1v) is 10.1. The van der Waals surface area contributed by atoms with Crippen molar-refractivity contribution in [2.24, 2.45) is 0 Å². The summed E-state index contributed by atoms with van der Waals surface area (Å²) in [6.07, 6.45) is 5.92. The Bertz CT molecular complexity index is 725. The number of benzene rings is 2. The second-order valence-corrected chi connectivity index (χ2v) is 8.07. The number of rotatable bonds is 6. The Labute approximate surface area is 168 Å². The molecule has 1 saturated carbocycles. The molecule has 2 N–H and O–H groups in total. The molecule has 152 valence electrons. The number of ether oxygens (including phenoxy) is 2. The largest absolute Gasteiger partial charge is 0.467 e. The molecule has 0 unspecified atom stereocenters. The van der Waals surface area contributed by atoms with Gasteiger partial charge in [0.2, 0.25) is 0 Å². The lowest BCUT2D eigenvalue weighted by atomic mass is 9.64. The number of hydrogen-bond acceptors (Lipinski definition) is 4. The van der Waals surface area contributed by atoms with E-state index in [-0.39, 0.29) is 19.0 Å². The molecule has 28 heavy (non-hydrogen) atoms. The average Bonchev–Trinajstić information content (AvgIpc) is 2.67. The number of aryl methyl sites for hydroxylation is 4. The van der Waals surface area contributed by atoms with Gasteiger partial charge in [0.1, 0.15) is 11.5 Å². The van der Waals surface area contributed by atoms with Gasteiger partial charge in [0.25, 0.3) is 0 Å². The Morgan fingerprint density at radius 1 is 0.679 bits per heavy atom. The van der Waals surface area contributed by atoms with Crippen LogP contribution in [0.3, 0.4) is 0 Å². The van der Waals surface area contributed by atoms with E-state index in [4.69, 9.17) is 9.47 Å². The predicted molar refractivity (Wildman–Crippen MR) is 111 cm³/mol. The van der Waals surface area contributed by atoms with Crippen LogP contribution in [0.1, 0.15) is 65.5 Å². The van der Waals surface area contributed by atoms with Gasteiger partial charge < -0.3 is 19.7 Å². The molecule has 0 aliphatic heterocycles. The molecule has 4 heteroatoms. The van der Waals surface area contributed by atoms with Crippen LogP contribution in [0.5, 0.6) is 11.5 Å². The second-order valence-electron chi connectivity index (χ2n) is 8.07. The van der Waals surface area contributed by atoms with Crippen molar-refractivity contribution in [3.63, 3.8) is 0 Å². The molecule has 4 nitrogen and oxygen atoms in total. The van der Waals surface area contributed by atoms with Gasteiger partial charge in [-0.3, -0.25) is 0 Å². The van der Waals surface area contributed by atoms with E-state index in [1.165, 1.54) is 30.4 Å². The highest BCUT2D eigenvalue weighted by Gasteiger charge is 2.37. The van der Waals surface area contributed by atoms with E-state index < -0.39 is 0 Å². The van der Waals surface area contributed by atoms with Crippen molar-refractivity contribution in [2.45, 2.75) is 65.2 Å². The van der Waals surface area contributed by atoms with Crippen LogP contribution in [0.15, 0.2) is 24.3 Å². The third-order valence-corrected chi connectivity index (χ3v) is 6.15. The van der Waals surface area contributed by atoms with Crippen LogP contribution in [-0.2, 0) is 5.41 Å². The van der Waals surface area contributed by atoms with Crippen LogP contribution in [0.4, 0.5) is 0 Å².